The third-order valence-electron chi connectivity index (χ3n) is 4.29. The lowest BCUT2D eigenvalue weighted by atomic mass is 10.2. The first-order valence-electron chi connectivity index (χ1n) is 9.99. The highest BCUT2D eigenvalue weighted by atomic mass is 19.1. The van der Waals surface area contributed by atoms with Crippen molar-refractivity contribution in [3.05, 3.63) is 84.2 Å². The fourth-order valence-corrected chi connectivity index (χ4v) is 2.64. The van der Waals surface area contributed by atoms with E-state index < -0.39 is 17.6 Å². The van der Waals surface area contributed by atoms with Crippen molar-refractivity contribution >= 4 is 35.3 Å². The number of hydrogen-bond donors (Lipinski definition) is 3. The number of hydrazone groups is 1. The molecule has 3 aromatic carbocycles. The van der Waals surface area contributed by atoms with Gasteiger partial charge in [0.1, 0.15) is 17.3 Å². The summed E-state index contributed by atoms with van der Waals surface area (Å²) in [5.41, 5.74) is 3.54. The number of halogens is 1. The summed E-state index contributed by atoms with van der Waals surface area (Å²) in [6, 6.07) is 18.5. The zero-order chi connectivity index (χ0) is 24.3. The first-order chi connectivity index (χ1) is 16.4. The molecule has 3 amide bonds. The minimum Gasteiger partial charge on any atom is -0.497 e. The maximum absolute atomic E-state index is 12.9. The quantitative estimate of drug-likeness (QED) is 0.269. The van der Waals surface area contributed by atoms with Crippen LogP contribution in [-0.2, 0) is 14.4 Å². The van der Waals surface area contributed by atoms with Crippen LogP contribution in [0, 0.1) is 5.82 Å². The van der Waals surface area contributed by atoms with Crippen LogP contribution in [0.3, 0.4) is 0 Å². The number of carbonyl (C=O) groups is 3. The van der Waals surface area contributed by atoms with Gasteiger partial charge in [-0.05, 0) is 66.2 Å². The Bertz CT molecular complexity index is 1180. The van der Waals surface area contributed by atoms with Crippen LogP contribution in [0.5, 0.6) is 11.5 Å². The van der Waals surface area contributed by atoms with Crippen molar-refractivity contribution in [2.75, 3.05) is 24.4 Å². The Balaban J connectivity index is 1.46. The Labute approximate surface area is 194 Å². The summed E-state index contributed by atoms with van der Waals surface area (Å²) in [5.74, 6) is -1.67. The molecule has 0 aliphatic heterocycles. The lowest BCUT2D eigenvalue weighted by Gasteiger charge is -2.08. The maximum atomic E-state index is 12.9. The third kappa shape index (κ3) is 7.45. The van der Waals surface area contributed by atoms with E-state index in [0.29, 0.717) is 22.7 Å². The molecular formula is C24H21FN4O5. The van der Waals surface area contributed by atoms with E-state index in [-0.39, 0.29) is 18.2 Å². The maximum Gasteiger partial charge on any atom is 0.329 e. The summed E-state index contributed by atoms with van der Waals surface area (Å²) >= 11 is 0. The largest absolute Gasteiger partial charge is 0.497 e. The molecule has 174 valence electrons. The lowest BCUT2D eigenvalue weighted by molar-refractivity contribution is -0.136. The summed E-state index contributed by atoms with van der Waals surface area (Å²) in [5, 5.41) is 8.76. The van der Waals surface area contributed by atoms with E-state index in [1.165, 1.54) is 18.3 Å². The molecular weight excluding hydrogens is 443 g/mol. The fraction of sp³-hybridized carbons (Fsp3) is 0.0833. The Morgan fingerprint density at radius 3 is 2.26 bits per heavy atom. The molecule has 0 aliphatic carbocycles. The van der Waals surface area contributed by atoms with Crippen LogP contribution in [0.15, 0.2) is 77.9 Å². The van der Waals surface area contributed by atoms with Crippen molar-refractivity contribution < 1.29 is 28.2 Å². The van der Waals surface area contributed by atoms with Gasteiger partial charge in [0.05, 0.1) is 13.3 Å². The van der Waals surface area contributed by atoms with Crippen molar-refractivity contribution in [3.8, 4) is 11.5 Å². The molecule has 0 aliphatic rings. The van der Waals surface area contributed by atoms with Crippen LogP contribution in [0.2, 0.25) is 0 Å². The van der Waals surface area contributed by atoms with E-state index in [1.54, 1.807) is 55.6 Å². The van der Waals surface area contributed by atoms with E-state index in [2.05, 4.69) is 21.2 Å². The molecule has 0 fully saturated rings. The highest BCUT2D eigenvalue weighted by Crippen LogP contribution is 2.16. The minimum atomic E-state index is -0.997. The number of hydrogen-bond acceptors (Lipinski definition) is 6. The topological polar surface area (TPSA) is 118 Å². The summed E-state index contributed by atoms with van der Waals surface area (Å²) in [7, 11) is 1.56. The predicted octanol–water partition coefficient (Wildman–Crippen LogP) is 2.94. The van der Waals surface area contributed by atoms with Gasteiger partial charge in [0.2, 0.25) is 0 Å². The molecule has 10 heteroatoms. The number of anilines is 2. The first kappa shape index (κ1) is 23.9. The van der Waals surface area contributed by atoms with E-state index in [4.69, 9.17) is 9.47 Å². The summed E-state index contributed by atoms with van der Waals surface area (Å²) in [6.45, 7) is -0.215. The van der Waals surface area contributed by atoms with Crippen LogP contribution < -0.4 is 25.5 Å². The third-order valence-corrected chi connectivity index (χ3v) is 4.29. The normalized spacial score (nSPS) is 10.4. The van der Waals surface area contributed by atoms with Crippen molar-refractivity contribution in [3.63, 3.8) is 0 Å². The van der Waals surface area contributed by atoms with Crippen LogP contribution in [0.25, 0.3) is 0 Å². The van der Waals surface area contributed by atoms with E-state index in [0.717, 1.165) is 12.1 Å². The Hall–Kier alpha value is -4.73. The molecule has 0 heterocycles. The van der Waals surface area contributed by atoms with Gasteiger partial charge in [0.15, 0.2) is 6.61 Å². The molecule has 3 N–H and O–H groups in total. The standard InChI is InChI=1S/C24H21FN4O5/c1-33-20-11-9-18(10-12-20)27-22(30)15-34-21-4-2-3-16(13-21)14-26-29-24(32)23(31)28-19-7-5-17(25)6-8-19/h2-14H,15H2,1H3,(H,27,30)(H,28,31)(H,29,32)/b26-14-. The highest BCUT2D eigenvalue weighted by Gasteiger charge is 2.12. The SMILES string of the molecule is COc1ccc(NC(=O)COc2cccc(/C=N\NC(=O)C(=O)Nc3ccc(F)cc3)c2)cc1. The van der Waals surface area contributed by atoms with E-state index >= 15 is 0 Å². The number of amides is 3. The van der Waals surface area contributed by atoms with E-state index in [1.807, 2.05) is 0 Å². The second-order valence-corrected chi connectivity index (χ2v) is 6.80. The molecule has 0 saturated heterocycles. The minimum absolute atomic E-state index is 0.215. The van der Waals surface area contributed by atoms with Gasteiger partial charge in [0, 0.05) is 11.4 Å². The Morgan fingerprint density at radius 2 is 1.56 bits per heavy atom. The van der Waals surface area contributed by atoms with Gasteiger partial charge in [-0.25, -0.2) is 9.82 Å². The van der Waals surface area contributed by atoms with Crippen molar-refractivity contribution in [1.82, 2.24) is 5.43 Å². The van der Waals surface area contributed by atoms with Crippen LogP contribution >= 0.6 is 0 Å². The molecule has 9 nitrogen and oxygen atoms in total. The van der Waals surface area contributed by atoms with Crippen molar-refractivity contribution in [2.24, 2.45) is 5.10 Å². The zero-order valence-corrected chi connectivity index (χ0v) is 18.1. The molecule has 0 radical (unpaired) electrons. The number of nitrogens with zero attached hydrogens (tertiary/aromatic N) is 1. The number of benzene rings is 3. The average Bonchev–Trinajstić information content (AvgIpc) is 2.85. The highest BCUT2D eigenvalue weighted by molar-refractivity contribution is 6.39. The molecule has 0 saturated carbocycles. The monoisotopic (exact) mass is 464 g/mol. The molecule has 0 bridgehead atoms. The number of nitrogens with one attached hydrogen (secondary N) is 3. The van der Waals surface area contributed by atoms with Gasteiger partial charge >= 0.3 is 11.8 Å². The molecule has 0 unspecified atom stereocenters. The molecule has 34 heavy (non-hydrogen) atoms. The molecule has 0 atom stereocenters. The van der Waals surface area contributed by atoms with Gasteiger partial charge in [-0.1, -0.05) is 12.1 Å². The Morgan fingerprint density at radius 1 is 0.882 bits per heavy atom. The summed E-state index contributed by atoms with van der Waals surface area (Å²) < 4.78 is 23.5. The molecule has 3 aromatic rings. The lowest BCUT2D eigenvalue weighted by Crippen LogP contribution is -2.32. The number of carbonyl (C=O) groups excluding carboxylic acids is 3. The second-order valence-electron chi connectivity index (χ2n) is 6.80. The second kappa shape index (κ2) is 11.8. The Kier molecular flexibility index (Phi) is 8.28. The predicted molar refractivity (Wildman–Crippen MR) is 124 cm³/mol. The van der Waals surface area contributed by atoms with Crippen LogP contribution in [0.1, 0.15) is 5.56 Å². The van der Waals surface area contributed by atoms with Crippen LogP contribution in [0.4, 0.5) is 15.8 Å². The van der Waals surface area contributed by atoms with Gasteiger partial charge in [0.25, 0.3) is 5.91 Å². The number of methoxy groups -OCH3 is 1. The molecule has 3 rings (SSSR count). The molecule has 0 aromatic heterocycles. The average molecular weight is 464 g/mol. The first-order valence-corrected chi connectivity index (χ1v) is 9.99. The number of rotatable bonds is 8. The van der Waals surface area contributed by atoms with Gasteiger partial charge in [-0.15, -0.1) is 0 Å². The van der Waals surface area contributed by atoms with Crippen molar-refractivity contribution in [1.29, 1.82) is 0 Å². The van der Waals surface area contributed by atoms with Gasteiger partial charge in [-0.3, -0.25) is 14.4 Å². The van der Waals surface area contributed by atoms with Gasteiger partial charge in [-0.2, -0.15) is 5.10 Å². The van der Waals surface area contributed by atoms with Gasteiger partial charge < -0.3 is 20.1 Å². The number of ether oxygens (including phenoxy) is 2. The zero-order valence-electron chi connectivity index (χ0n) is 18.1. The summed E-state index contributed by atoms with van der Waals surface area (Å²) in [4.78, 5) is 35.8. The smallest absolute Gasteiger partial charge is 0.329 e. The van der Waals surface area contributed by atoms with Crippen molar-refractivity contribution in [2.45, 2.75) is 0 Å². The van der Waals surface area contributed by atoms with E-state index in [9.17, 15) is 18.8 Å². The fourth-order valence-electron chi connectivity index (χ4n) is 2.64. The summed E-state index contributed by atoms with van der Waals surface area (Å²) in [6.07, 6.45) is 1.31. The molecule has 0 spiro atoms. The van der Waals surface area contributed by atoms with Crippen LogP contribution in [-0.4, -0.2) is 37.7 Å².